The molecule has 1 saturated heterocycles. The molecule has 0 aromatic rings. The molecule has 0 aromatic carbocycles. The van der Waals surface area contributed by atoms with Gasteiger partial charge >= 0.3 is 12.0 Å². The van der Waals surface area contributed by atoms with Crippen molar-refractivity contribution in [3.8, 4) is 0 Å². The Bertz CT molecular complexity index is 476. The van der Waals surface area contributed by atoms with Crippen LogP contribution in [0.5, 0.6) is 0 Å². The van der Waals surface area contributed by atoms with Crippen molar-refractivity contribution in [3.63, 3.8) is 0 Å². The van der Waals surface area contributed by atoms with E-state index >= 15 is 0 Å². The summed E-state index contributed by atoms with van der Waals surface area (Å²) in [5.74, 6) is -0.715. The molecule has 0 bridgehead atoms. The number of carboxylic acids is 1. The molecule has 0 spiro atoms. The van der Waals surface area contributed by atoms with Gasteiger partial charge in [0.2, 0.25) is 0 Å². The summed E-state index contributed by atoms with van der Waals surface area (Å²) in [6.07, 6.45) is 8.39. The monoisotopic (exact) mass is 354 g/mol. The maximum Gasteiger partial charge on any atom is 0.324 e. The van der Waals surface area contributed by atoms with Crippen molar-refractivity contribution in [2.24, 2.45) is 5.92 Å². The SMILES string of the molecule is O=C(O)CCCCCCC1C(=O)NC(=O)N1CCC(O)C1CCCC1. The molecule has 25 heavy (non-hydrogen) atoms. The molecule has 0 radical (unpaired) electrons. The lowest BCUT2D eigenvalue weighted by molar-refractivity contribution is -0.137. The predicted molar refractivity (Wildman–Crippen MR) is 92.0 cm³/mol. The van der Waals surface area contributed by atoms with Crippen molar-refractivity contribution in [2.75, 3.05) is 6.54 Å². The molecule has 3 amide bonds. The van der Waals surface area contributed by atoms with E-state index in [4.69, 9.17) is 5.11 Å². The molecule has 142 valence electrons. The van der Waals surface area contributed by atoms with Gasteiger partial charge < -0.3 is 15.1 Å². The standard InChI is InChI=1S/C18H30N2O5/c21-15(13-7-5-6-8-13)11-12-20-14(17(24)19-18(20)25)9-3-1-2-4-10-16(22)23/h13-15,21H,1-12H2,(H,22,23)(H,19,24,25). The number of aliphatic hydroxyl groups excluding tert-OH is 1. The van der Waals surface area contributed by atoms with Crippen LogP contribution in [0.15, 0.2) is 0 Å². The molecule has 1 heterocycles. The second-order valence-electron chi connectivity index (χ2n) is 7.25. The fourth-order valence-corrected chi connectivity index (χ4v) is 3.90. The highest BCUT2D eigenvalue weighted by atomic mass is 16.4. The van der Waals surface area contributed by atoms with Gasteiger partial charge in [-0.3, -0.25) is 14.9 Å². The van der Waals surface area contributed by atoms with Crippen molar-refractivity contribution in [1.82, 2.24) is 10.2 Å². The van der Waals surface area contributed by atoms with Gasteiger partial charge in [0.05, 0.1) is 6.10 Å². The zero-order chi connectivity index (χ0) is 18.2. The van der Waals surface area contributed by atoms with Crippen molar-refractivity contribution in [3.05, 3.63) is 0 Å². The first-order chi connectivity index (χ1) is 12.0. The number of hydrogen-bond donors (Lipinski definition) is 3. The average molecular weight is 354 g/mol. The fraction of sp³-hybridized carbons (Fsp3) is 0.833. The summed E-state index contributed by atoms with van der Waals surface area (Å²) in [5, 5.41) is 21.2. The Kier molecular flexibility index (Phi) is 7.68. The van der Waals surface area contributed by atoms with Gasteiger partial charge in [-0.2, -0.15) is 0 Å². The second-order valence-corrected chi connectivity index (χ2v) is 7.25. The number of carbonyl (C=O) groups excluding carboxylic acids is 2. The highest BCUT2D eigenvalue weighted by Crippen LogP contribution is 2.29. The number of aliphatic carboxylic acids is 1. The van der Waals surface area contributed by atoms with Crippen LogP contribution in [0.25, 0.3) is 0 Å². The van der Waals surface area contributed by atoms with Gasteiger partial charge in [0.15, 0.2) is 0 Å². The average Bonchev–Trinajstić information content (AvgIpc) is 3.17. The summed E-state index contributed by atoms with van der Waals surface area (Å²) in [6.45, 7) is 0.402. The van der Waals surface area contributed by atoms with E-state index in [-0.39, 0.29) is 18.4 Å². The van der Waals surface area contributed by atoms with E-state index in [1.54, 1.807) is 4.90 Å². The number of urea groups is 1. The zero-order valence-electron chi connectivity index (χ0n) is 14.8. The smallest absolute Gasteiger partial charge is 0.324 e. The van der Waals surface area contributed by atoms with E-state index in [2.05, 4.69) is 5.32 Å². The van der Waals surface area contributed by atoms with Crippen LogP contribution in [0.2, 0.25) is 0 Å². The first-order valence-electron chi connectivity index (χ1n) is 9.50. The van der Waals surface area contributed by atoms with Gasteiger partial charge in [0.25, 0.3) is 5.91 Å². The number of hydrogen-bond acceptors (Lipinski definition) is 4. The highest BCUT2D eigenvalue weighted by Gasteiger charge is 2.38. The molecule has 2 atom stereocenters. The number of nitrogens with one attached hydrogen (secondary N) is 1. The molecule has 1 aliphatic carbocycles. The number of rotatable bonds is 11. The normalized spacial score (nSPS) is 22.4. The topological polar surface area (TPSA) is 107 Å². The van der Waals surface area contributed by atoms with E-state index in [1.807, 2.05) is 0 Å². The largest absolute Gasteiger partial charge is 0.481 e. The van der Waals surface area contributed by atoms with Gasteiger partial charge in [0, 0.05) is 13.0 Å². The summed E-state index contributed by atoms with van der Waals surface area (Å²) >= 11 is 0. The second kappa shape index (κ2) is 9.75. The van der Waals surface area contributed by atoms with Gasteiger partial charge in [-0.25, -0.2) is 4.79 Å². The van der Waals surface area contributed by atoms with Crippen LogP contribution in [0.1, 0.15) is 70.6 Å². The summed E-state index contributed by atoms with van der Waals surface area (Å²) in [6, 6.07) is -0.817. The number of carboxylic acid groups (broad SMARTS) is 1. The first-order valence-corrected chi connectivity index (χ1v) is 9.50. The van der Waals surface area contributed by atoms with Crippen LogP contribution in [-0.4, -0.2) is 51.7 Å². The molecule has 7 heteroatoms. The van der Waals surface area contributed by atoms with Crippen LogP contribution in [0.3, 0.4) is 0 Å². The van der Waals surface area contributed by atoms with Crippen LogP contribution in [-0.2, 0) is 9.59 Å². The molecular formula is C18H30N2O5. The van der Waals surface area contributed by atoms with Gasteiger partial charge in [-0.05, 0) is 38.0 Å². The molecule has 0 aromatic heterocycles. The van der Waals surface area contributed by atoms with E-state index in [0.29, 0.717) is 31.7 Å². The lowest BCUT2D eigenvalue weighted by Crippen LogP contribution is -2.38. The maximum absolute atomic E-state index is 12.0. The summed E-state index contributed by atoms with van der Waals surface area (Å²) in [7, 11) is 0. The summed E-state index contributed by atoms with van der Waals surface area (Å²) < 4.78 is 0. The van der Waals surface area contributed by atoms with Crippen molar-refractivity contribution in [2.45, 2.75) is 82.8 Å². The third-order valence-electron chi connectivity index (χ3n) is 5.40. The third-order valence-corrected chi connectivity index (χ3v) is 5.40. The molecule has 2 unspecified atom stereocenters. The zero-order valence-corrected chi connectivity index (χ0v) is 14.8. The Morgan fingerprint density at radius 2 is 1.84 bits per heavy atom. The Morgan fingerprint density at radius 1 is 1.16 bits per heavy atom. The molecule has 2 rings (SSSR count). The molecule has 2 fully saturated rings. The molecule has 3 N–H and O–H groups in total. The molecule has 1 aliphatic heterocycles. The van der Waals surface area contributed by atoms with Crippen molar-refractivity contribution in [1.29, 1.82) is 0 Å². The van der Waals surface area contributed by atoms with Crippen LogP contribution in [0, 0.1) is 5.92 Å². The van der Waals surface area contributed by atoms with E-state index in [9.17, 15) is 19.5 Å². The lowest BCUT2D eigenvalue weighted by Gasteiger charge is -2.25. The minimum Gasteiger partial charge on any atom is -0.481 e. The number of unbranched alkanes of at least 4 members (excludes halogenated alkanes) is 3. The van der Waals surface area contributed by atoms with Gasteiger partial charge in [-0.15, -0.1) is 0 Å². The number of imide groups is 1. The minimum atomic E-state index is -0.784. The Hall–Kier alpha value is -1.63. The van der Waals surface area contributed by atoms with Crippen LogP contribution < -0.4 is 5.32 Å². The molecule has 1 saturated carbocycles. The summed E-state index contributed by atoms with van der Waals surface area (Å²) in [5.41, 5.74) is 0. The van der Waals surface area contributed by atoms with Gasteiger partial charge in [0.1, 0.15) is 6.04 Å². The van der Waals surface area contributed by atoms with Crippen molar-refractivity contribution < 1.29 is 24.6 Å². The molecule has 7 nitrogen and oxygen atoms in total. The third kappa shape index (κ3) is 5.99. The van der Waals surface area contributed by atoms with E-state index in [0.717, 1.165) is 44.9 Å². The maximum atomic E-state index is 12.0. The highest BCUT2D eigenvalue weighted by molar-refractivity contribution is 6.04. The van der Waals surface area contributed by atoms with E-state index < -0.39 is 18.1 Å². The van der Waals surface area contributed by atoms with Gasteiger partial charge in [-0.1, -0.05) is 32.1 Å². The minimum absolute atomic E-state index is 0.174. The first kappa shape index (κ1) is 19.7. The lowest BCUT2D eigenvalue weighted by atomic mass is 9.98. The molecule has 2 aliphatic rings. The number of nitrogens with zero attached hydrogens (tertiary/aromatic N) is 1. The Morgan fingerprint density at radius 3 is 2.52 bits per heavy atom. The predicted octanol–water partition coefficient (Wildman–Crippen LogP) is 2.27. The number of amides is 3. The number of aliphatic hydroxyl groups is 1. The quantitative estimate of drug-likeness (QED) is 0.390. The molecular weight excluding hydrogens is 324 g/mol. The van der Waals surface area contributed by atoms with Crippen LogP contribution >= 0.6 is 0 Å². The Balaban J connectivity index is 1.72. The fourth-order valence-electron chi connectivity index (χ4n) is 3.90. The Labute approximate surface area is 148 Å². The van der Waals surface area contributed by atoms with E-state index in [1.165, 1.54) is 0 Å². The van der Waals surface area contributed by atoms with Crippen LogP contribution in [0.4, 0.5) is 4.79 Å². The van der Waals surface area contributed by atoms with Crippen molar-refractivity contribution >= 4 is 17.9 Å². The summed E-state index contributed by atoms with van der Waals surface area (Å²) in [4.78, 5) is 36.0. The number of carbonyl (C=O) groups is 3.